The molecule has 0 aromatic carbocycles. The van der Waals surface area contributed by atoms with Gasteiger partial charge in [-0.05, 0) is 10.6 Å². The van der Waals surface area contributed by atoms with Crippen molar-refractivity contribution < 1.29 is 9.59 Å². The van der Waals surface area contributed by atoms with Gasteiger partial charge in [0.2, 0.25) is 11.8 Å². The minimum atomic E-state index is -0.697. The van der Waals surface area contributed by atoms with E-state index >= 15 is 0 Å². The van der Waals surface area contributed by atoms with Gasteiger partial charge in [-0.1, -0.05) is 0 Å². The van der Waals surface area contributed by atoms with E-state index in [1.807, 2.05) is 0 Å². The first kappa shape index (κ1) is 8.45. The van der Waals surface area contributed by atoms with Crippen LogP contribution in [0.2, 0.25) is 0 Å². The Morgan fingerprint density at radius 3 is 2.70 bits per heavy atom. The molecule has 0 bridgehead atoms. The van der Waals surface area contributed by atoms with E-state index in [1.165, 1.54) is 6.92 Å². The number of azide groups is 1. The Labute approximate surface area is 56.8 Å². The average Bonchev–Trinajstić information content (AvgIpc) is 1.85. The van der Waals surface area contributed by atoms with Gasteiger partial charge in [0, 0.05) is 11.8 Å². The SMILES string of the molecule is CC(=O)NCC(=O)N=[N+]=[N-]. The third kappa shape index (κ3) is 4.61. The van der Waals surface area contributed by atoms with Crippen LogP contribution in [0.5, 0.6) is 0 Å². The summed E-state index contributed by atoms with van der Waals surface area (Å²) in [5, 5.41) is 4.90. The van der Waals surface area contributed by atoms with Crippen LogP contribution >= 0.6 is 0 Å². The molecule has 0 radical (unpaired) electrons. The van der Waals surface area contributed by atoms with Crippen molar-refractivity contribution in [3.8, 4) is 0 Å². The van der Waals surface area contributed by atoms with Crippen LogP contribution in [0.4, 0.5) is 0 Å². The number of carbonyl (C=O) groups excluding carboxylic acids is 2. The van der Waals surface area contributed by atoms with Crippen molar-refractivity contribution in [2.24, 2.45) is 5.11 Å². The normalized spacial score (nSPS) is 7.70. The number of nitrogens with zero attached hydrogens (tertiary/aromatic N) is 3. The van der Waals surface area contributed by atoms with Crippen molar-refractivity contribution in [3.63, 3.8) is 0 Å². The maximum absolute atomic E-state index is 10.3. The zero-order valence-electron chi connectivity index (χ0n) is 5.37. The average molecular weight is 142 g/mol. The van der Waals surface area contributed by atoms with Crippen molar-refractivity contribution >= 4 is 11.8 Å². The van der Waals surface area contributed by atoms with Gasteiger partial charge in [0.15, 0.2) is 0 Å². The van der Waals surface area contributed by atoms with Crippen molar-refractivity contribution in [2.75, 3.05) is 6.54 Å². The molecule has 0 unspecified atom stereocenters. The first-order chi connectivity index (χ1) is 4.66. The van der Waals surface area contributed by atoms with Crippen molar-refractivity contribution in [2.45, 2.75) is 6.92 Å². The van der Waals surface area contributed by atoms with E-state index < -0.39 is 5.91 Å². The van der Waals surface area contributed by atoms with E-state index in [-0.39, 0.29) is 12.5 Å². The van der Waals surface area contributed by atoms with E-state index in [0.29, 0.717) is 0 Å². The minimum absolute atomic E-state index is 0.237. The first-order valence-electron chi connectivity index (χ1n) is 2.49. The number of amides is 2. The summed E-state index contributed by atoms with van der Waals surface area (Å²) in [5.74, 6) is -1.03. The summed E-state index contributed by atoms with van der Waals surface area (Å²) < 4.78 is 0. The lowest BCUT2D eigenvalue weighted by Crippen LogP contribution is -2.25. The molecule has 0 fully saturated rings. The Bertz CT molecular complexity index is 193. The first-order valence-corrected chi connectivity index (χ1v) is 2.49. The molecule has 54 valence electrons. The second-order valence-electron chi connectivity index (χ2n) is 1.49. The van der Waals surface area contributed by atoms with Gasteiger partial charge in [-0.25, -0.2) is 0 Å². The molecule has 0 rings (SSSR count). The molecule has 0 aliphatic carbocycles. The largest absolute Gasteiger partial charge is 0.349 e. The van der Waals surface area contributed by atoms with E-state index in [4.69, 9.17) is 5.53 Å². The van der Waals surface area contributed by atoms with Crippen molar-refractivity contribution in [1.29, 1.82) is 0 Å². The highest BCUT2D eigenvalue weighted by molar-refractivity contribution is 5.83. The fraction of sp³-hybridized carbons (Fsp3) is 0.500. The molecule has 0 aromatic heterocycles. The summed E-state index contributed by atoms with van der Waals surface area (Å²) in [5.41, 5.74) is 7.73. The van der Waals surface area contributed by atoms with Gasteiger partial charge in [-0.2, -0.15) is 0 Å². The van der Waals surface area contributed by atoms with Crippen LogP contribution in [0.1, 0.15) is 6.92 Å². The third-order valence-corrected chi connectivity index (χ3v) is 0.645. The lowest BCUT2D eigenvalue weighted by Gasteiger charge is -1.93. The predicted octanol–water partition coefficient (Wildman–Crippen LogP) is -0.0406. The highest BCUT2D eigenvalue weighted by Gasteiger charge is 1.96. The van der Waals surface area contributed by atoms with Crippen LogP contribution in [-0.2, 0) is 9.59 Å². The van der Waals surface area contributed by atoms with Gasteiger partial charge < -0.3 is 5.32 Å². The van der Waals surface area contributed by atoms with Crippen LogP contribution in [0, 0.1) is 0 Å². The lowest BCUT2D eigenvalue weighted by atomic mass is 10.6. The molecule has 6 heteroatoms. The number of rotatable bonds is 2. The Balaban J connectivity index is 3.60. The molecule has 0 saturated heterocycles. The summed E-state index contributed by atoms with van der Waals surface area (Å²) in [7, 11) is 0. The summed E-state index contributed by atoms with van der Waals surface area (Å²) in [6.07, 6.45) is 0. The fourth-order valence-corrected chi connectivity index (χ4v) is 0.285. The Kier molecular flexibility index (Phi) is 3.67. The molecule has 0 atom stereocenters. The van der Waals surface area contributed by atoms with Crippen LogP contribution < -0.4 is 5.32 Å². The van der Waals surface area contributed by atoms with Crippen molar-refractivity contribution in [3.05, 3.63) is 10.4 Å². The molecular weight excluding hydrogens is 136 g/mol. The topological polar surface area (TPSA) is 94.9 Å². The Hall–Kier alpha value is -1.55. The highest BCUT2D eigenvalue weighted by Crippen LogP contribution is 1.72. The maximum atomic E-state index is 10.3. The van der Waals surface area contributed by atoms with Crippen LogP contribution in [0.25, 0.3) is 10.4 Å². The lowest BCUT2D eigenvalue weighted by molar-refractivity contribution is -0.123. The van der Waals surface area contributed by atoms with Crippen LogP contribution in [0.3, 0.4) is 0 Å². The quantitative estimate of drug-likeness (QED) is 0.332. The van der Waals surface area contributed by atoms with Gasteiger partial charge >= 0.3 is 0 Å². The third-order valence-electron chi connectivity index (χ3n) is 0.645. The van der Waals surface area contributed by atoms with Gasteiger partial charge in [0.05, 0.1) is 6.54 Å². The Morgan fingerprint density at radius 2 is 2.30 bits per heavy atom. The van der Waals surface area contributed by atoms with E-state index in [1.54, 1.807) is 0 Å². The zero-order chi connectivity index (χ0) is 7.98. The highest BCUT2D eigenvalue weighted by atomic mass is 16.2. The summed E-state index contributed by atoms with van der Waals surface area (Å²) in [4.78, 5) is 22.7. The molecule has 2 amide bonds. The van der Waals surface area contributed by atoms with Gasteiger partial charge in [-0.3, -0.25) is 9.59 Å². The van der Waals surface area contributed by atoms with Crippen molar-refractivity contribution in [1.82, 2.24) is 5.32 Å². The molecule has 0 aliphatic rings. The van der Waals surface area contributed by atoms with Gasteiger partial charge in [-0.15, -0.1) is 0 Å². The second kappa shape index (κ2) is 4.34. The van der Waals surface area contributed by atoms with Crippen LogP contribution in [0.15, 0.2) is 5.11 Å². The smallest absolute Gasteiger partial charge is 0.237 e. The summed E-state index contributed by atoms with van der Waals surface area (Å²) in [6, 6.07) is 0. The van der Waals surface area contributed by atoms with E-state index in [2.05, 4.69) is 15.3 Å². The van der Waals surface area contributed by atoms with E-state index in [0.717, 1.165) is 0 Å². The molecule has 0 aliphatic heterocycles. The fourth-order valence-electron chi connectivity index (χ4n) is 0.285. The van der Waals surface area contributed by atoms with Gasteiger partial charge in [0.25, 0.3) is 0 Å². The summed E-state index contributed by atoms with van der Waals surface area (Å²) >= 11 is 0. The number of hydrogen-bond donors (Lipinski definition) is 1. The molecule has 6 nitrogen and oxygen atoms in total. The predicted molar refractivity (Wildman–Crippen MR) is 32.8 cm³/mol. The molecule has 10 heavy (non-hydrogen) atoms. The molecule has 0 heterocycles. The number of hydrogen-bond acceptors (Lipinski definition) is 2. The molecule has 0 aromatic rings. The molecule has 0 spiro atoms. The molecular formula is C4H6N4O2. The maximum Gasteiger partial charge on any atom is 0.237 e. The van der Waals surface area contributed by atoms with Gasteiger partial charge in [0.1, 0.15) is 0 Å². The summed E-state index contributed by atoms with van der Waals surface area (Å²) in [6.45, 7) is 1.03. The Morgan fingerprint density at radius 1 is 1.70 bits per heavy atom. The monoisotopic (exact) mass is 142 g/mol. The minimum Gasteiger partial charge on any atom is -0.349 e. The number of nitrogens with one attached hydrogen (secondary N) is 1. The standard InChI is InChI=1S/C4H6N4O2/c1-3(9)6-2-4(10)7-8-5/h2H2,1H3,(H,6,9). The second-order valence-corrected chi connectivity index (χ2v) is 1.49. The van der Waals surface area contributed by atoms with Crippen LogP contribution in [-0.4, -0.2) is 18.4 Å². The number of carbonyl (C=O) groups is 2. The molecule has 0 saturated carbocycles. The van der Waals surface area contributed by atoms with E-state index in [9.17, 15) is 9.59 Å². The molecule has 1 N–H and O–H groups in total. The zero-order valence-corrected chi connectivity index (χ0v) is 5.37.